The Kier molecular flexibility index (Phi) is 6.41. The number of rotatable bonds is 5. The van der Waals surface area contributed by atoms with E-state index >= 15 is 17.6 Å². The summed E-state index contributed by atoms with van der Waals surface area (Å²) in [6, 6.07) is 5.70. The van der Waals surface area contributed by atoms with E-state index in [4.69, 9.17) is 14.2 Å². The molecule has 0 N–H and O–H groups in total. The van der Waals surface area contributed by atoms with Gasteiger partial charge in [-0.3, -0.25) is 0 Å². The van der Waals surface area contributed by atoms with E-state index in [2.05, 4.69) is 11.3 Å². The van der Waals surface area contributed by atoms with Crippen LogP contribution in [-0.2, 0) is 9.47 Å². The highest BCUT2D eigenvalue weighted by atomic mass is 19.2. The lowest BCUT2D eigenvalue weighted by molar-refractivity contribution is 0.0443. The summed E-state index contributed by atoms with van der Waals surface area (Å²) in [5.41, 5.74) is -4.98. The molecular weight excluding hydrogens is 612 g/mol. The number of carbonyl (C=O) groups excluding carboxylic acids is 3. The van der Waals surface area contributed by atoms with Gasteiger partial charge in [0.15, 0.2) is 23.3 Å². The van der Waals surface area contributed by atoms with Gasteiger partial charge in [0.05, 0.1) is 27.8 Å². The number of halogens is 8. The molecule has 0 spiro atoms. The molecule has 0 unspecified atom stereocenters. The van der Waals surface area contributed by atoms with Crippen LogP contribution in [0.1, 0.15) is 36.6 Å². The van der Waals surface area contributed by atoms with Crippen molar-refractivity contribution in [3.63, 3.8) is 0 Å². The van der Waals surface area contributed by atoms with Gasteiger partial charge in [-0.15, -0.1) is 0 Å². The summed E-state index contributed by atoms with van der Waals surface area (Å²) in [4.78, 5) is 35.1. The molecule has 0 atom stereocenters. The SMILES string of the molecule is C=C1OC(=O)c2cc(Oc3c(F)c(F)c(-c4c(F)c(F)c(Oc5ccc6c(c5)C(=O)OC6=O)c(F)c4F)c(F)c3F)ccc21. The van der Waals surface area contributed by atoms with E-state index in [0.29, 0.717) is 0 Å². The fourth-order valence-corrected chi connectivity index (χ4v) is 4.43. The van der Waals surface area contributed by atoms with Crippen molar-refractivity contribution < 1.29 is 68.5 Å². The van der Waals surface area contributed by atoms with Crippen molar-refractivity contribution in [2.75, 3.05) is 0 Å². The van der Waals surface area contributed by atoms with E-state index in [0.717, 1.165) is 30.3 Å². The Bertz CT molecular complexity index is 1840. The molecule has 2 aliphatic heterocycles. The quantitative estimate of drug-likeness (QED) is 0.0988. The lowest BCUT2D eigenvalue weighted by atomic mass is 10.0. The van der Waals surface area contributed by atoms with Crippen LogP contribution in [-0.4, -0.2) is 17.9 Å². The minimum Gasteiger partial charge on any atom is -0.451 e. The Balaban J connectivity index is 1.41. The van der Waals surface area contributed by atoms with Gasteiger partial charge in [0, 0.05) is 5.56 Å². The van der Waals surface area contributed by atoms with E-state index in [-0.39, 0.29) is 22.4 Å². The molecule has 0 bridgehead atoms. The van der Waals surface area contributed by atoms with Gasteiger partial charge >= 0.3 is 17.9 Å². The van der Waals surface area contributed by atoms with Gasteiger partial charge in [0.25, 0.3) is 0 Å². The van der Waals surface area contributed by atoms with Crippen LogP contribution in [0.15, 0.2) is 43.0 Å². The van der Waals surface area contributed by atoms with Crippen LogP contribution in [0.25, 0.3) is 16.9 Å². The Morgan fingerprint density at radius 3 is 1.30 bits per heavy atom. The van der Waals surface area contributed by atoms with Crippen LogP contribution in [0.3, 0.4) is 0 Å². The van der Waals surface area contributed by atoms with Gasteiger partial charge in [-0.25, -0.2) is 31.9 Å². The van der Waals surface area contributed by atoms with E-state index in [1.807, 2.05) is 0 Å². The fourth-order valence-electron chi connectivity index (χ4n) is 4.43. The minimum atomic E-state index is -2.52. The monoisotopic (exact) mass is 620 g/mol. The maximum absolute atomic E-state index is 15.1. The second-order valence-corrected chi connectivity index (χ2v) is 9.03. The first-order chi connectivity index (χ1) is 20.8. The Morgan fingerprint density at radius 2 is 0.841 bits per heavy atom. The first-order valence-corrected chi connectivity index (χ1v) is 11.8. The lowest BCUT2D eigenvalue weighted by Crippen LogP contribution is -2.09. The van der Waals surface area contributed by atoms with Crippen molar-refractivity contribution in [1.29, 1.82) is 0 Å². The van der Waals surface area contributed by atoms with E-state index in [1.165, 1.54) is 6.07 Å². The van der Waals surface area contributed by atoms with Crippen LogP contribution in [0.2, 0.25) is 0 Å². The number of ether oxygens (including phenoxy) is 4. The van der Waals surface area contributed by atoms with Gasteiger partial charge in [-0.2, -0.15) is 17.6 Å². The molecule has 0 amide bonds. The molecule has 4 aromatic carbocycles. The van der Waals surface area contributed by atoms with Crippen molar-refractivity contribution in [1.82, 2.24) is 0 Å². The van der Waals surface area contributed by atoms with E-state index in [9.17, 15) is 31.9 Å². The Morgan fingerprint density at radius 1 is 0.477 bits per heavy atom. The van der Waals surface area contributed by atoms with Crippen LogP contribution in [0, 0.1) is 46.5 Å². The zero-order valence-corrected chi connectivity index (χ0v) is 21.1. The molecular formula is C29H8F8O7. The van der Waals surface area contributed by atoms with Gasteiger partial charge < -0.3 is 18.9 Å². The fraction of sp³-hybridized carbons (Fsp3) is 0. The number of fused-ring (bicyclic) bond motifs is 2. The first kappa shape index (κ1) is 28.4. The van der Waals surface area contributed by atoms with Crippen molar-refractivity contribution in [2.24, 2.45) is 0 Å². The van der Waals surface area contributed by atoms with E-state index < -0.39 is 104 Å². The molecule has 222 valence electrons. The summed E-state index contributed by atoms with van der Waals surface area (Å²) < 4.78 is 139. The minimum absolute atomic E-state index is 0.0521. The van der Waals surface area contributed by atoms with Gasteiger partial charge in [-0.05, 0) is 36.4 Å². The highest BCUT2D eigenvalue weighted by molar-refractivity contribution is 6.14. The average molecular weight is 620 g/mol. The number of esters is 3. The number of hydrogen-bond acceptors (Lipinski definition) is 7. The highest BCUT2D eigenvalue weighted by Gasteiger charge is 2.37. The standard InChI is InChI=1S/C29H8F8O7/c1-8-11-4-2-9(6-13(11)28(39)41-8)42-25-21(34)17(30)15(18(31)22(25)35)16-19(32)23(36)26(24(37)20(16)33)43-10-3-5-12-14(7-10)29(40)44-27(12)38/h2-7H,1H2. The molecule has 4 aromatic rings. The molecule has 0 saturated carbocycles. The smallest absolute Gasteiger partial charge is 0.347 e. The predicted octanol–water partition coefficient (Wildman–Crippen LogP) is 7.50. The van der Waals surface area contributed by atoms with Crippen molar-refractivity contribution >= 4 is 23.7 Å². The summed E-state index contributed by atoms with van der Waals surface area (Å²) in [7, 11) is 0. The molecule has 2 aliphatic rings. The van der Waals surface area contributed by atoms with Crippen molar-refractivity contribution in [2.45, 2.75) is 0 Å². The Labute approximate surface area is 238 Å². The Hall–Kier alpha value is -5.73. The molecule has 44 heavy (non-hydrogen) atoms. The van der Waals surface area contributed by atoms with Crippen molar-refractivity contribution in [3.05, 3.63) is 112 Å². The summed E-state index contributed by atoms with van der Waals surface area (Å²) >= 11 is 0. The van der Waals surface area contributed by atoms with Gasteiger partial charge in [0.1, 0.15) is 17.3 Å². The predicted molar refractivity (Wildman–Crippen MR) is 129 cm³/mol. The molecule has 0 radical (unpaired) electrons. The highest BCUT2D eigenvalue weighted by Crippen LogP contribution is 2.44. The second-order valence-electron chi connectivity index (χ2n) is 9.03. The van der Waals surface area contributed by atoms with Gasteiger partial charge in [-0.1, -0.05) is 6.58 Å². The number of carbonyl (C=O) groups is 3. The number of cyclic esters (lactones) is 3. The molecule has 7 nitrogen and oxygen atoms in total. The molecule has 15 heteroatoms. The van der Waals surface area contributed by atoms with Crippen LogP contribution in [0.4, 0.5) is 35.1 Å². The molecule has 0 saturated heterocycles. The zero-order chi connectivity index (χ0) is 31.8. The summed E-state index contributed by atoms with van der Waals surface area (Å²) in [6.07, 6.45) is 0. The number of benzene rings is 4. The first-order valence-electron chi connectivity index (χ1n) is 11.8. The topological polar surface area (TPSA) is 88.1 Å². The van der Waals surface area contributed by atoms with Crippen LogP contribution in [0.5, 0.6) is 23.0 Å². The second kappa shape index (κ2) is 9.93. The summed E-state index contributed by atoms with van der Waals surface area (Å²) in [5.74, 6) is -27.4. The van der Waals surface area contributed by atoms with Crippen LogP contribution < -0.4 is 9.47 Å². The maximum Gasteiger partial charge on any atom is 0.347 e. The average Bonchev–Trinajstić information content (AvgIpc) is 3.45. The third-order valence-corrected chi connectivity index (χ3v) is 6.48. The molecule has 0 aliphatic carbocycles. The third kappa shape index (κ3) is 4.15. The lowest BCUT2D eigenvalue weighted by Gasteiger charge is -2.16. The third-order valence-electron chi connectivity index (χ3n) is 6.48. The zero-order valence-electron chi connectivity index (χ0n) is 21.1. The number of hydrogen-bond donors (Lipinski definition) is 0. The summed E-state index contributed by atoms with van der Waals surface area (Å²) in [6.45, 7) is 3.47. The van der Waals surface area contributed by atoms with Crippen LogP contribution >= 0.6 is 0 Å². The normalized spacial score (nSPS) is 13.5. The molecule has 2 heterocycles. The maximum atomic E-state index is 15.1. The van der Waals surface area contributed by atoms with Gasteiger partial charge in [0.2, 0.25) is 34.8 Å². The summed E-state index contributed by atoms with van der Waals surface area (Å²) in [5, 5.41) is 0. The molecule has 0 fully saturated rings. The van der Waals surface area contributed by atoms with E-state index in [1.54, 1.807) is 0 Å². The van der Waals surface area contributed by atoms with Crippen molar-refractivity contribution in [3.8, 4) is 34.1 Å². The molecule has 0 aromatic heterocycles. The molecule has 6 rings (SSSR count). The largest absolute Gasteiger partial charge is 0.451 e.